The molecule has 0 bridgehead atoms. The fourth-order valence-corrected chi connectivity index (χ4v) is 5.51. The molecule has 2 aromatic rings. The molecule has 0 N–H and O–H groups in total. The number of amides is 2. The molecule has 0 aromatic heterocycles. The zero-order chi connectivity index (χ0) is 25.3. The molecule has 2 aromatic carbocycles. The monoisotopic (exact) mass is 605 g/mol. The number of imide groups is 1. The molecule has 2 fully saturated rings. The number of esters is 2. The van der Waals surface area contributed by atoms with Crippen molar-refractivity contribution >= 4 is 67.1 Å². The van der Waals surface area contributed by atoms with Gasteiger partial charge in [-0.1, -0.05) is 31.9 Å². The van der Waals surface area contributed by atoms with E-state index in [1.54, 1.807) is 0 Å². The number of hydrogen-bond acceptors (Lipinski definition) is 7. The van der Waals surface area contributed by atoms with Crippen LogP contribution in [0.3, 0.4) is 0 Å². The summed E-state index contributed by atoms with van der Waals surface area (Å²) in [5.41, 5.74) is 0.879. The third kappa shape index (κ3) is 5.38. The maximum Gasteiger partial charge on any atom is 0.338 e. The number of ether oxygens (including phenoxy) is 2. The van der Waals surface area contributed by atoms with Gasteiger partial charge >= 0.3 is 11.9 Å². The van der Waals surface area contributed by atoms with Crippen LogP contribution in [0.15, 0.2) is 48.5 Å². The number of anilines is 1. The summed E-state index contributed by atoms with van der Waals surface area (Å²) in [5, 5.41) is 0. The average Bonchev–Trinajstić information content (AvgIpc) is 3.07. The smallest absolute Gasteiger partial charge is 0.338 e. The zero-order valence-electron chi connectivity index (χ0n) is 18.6. The lowest BCUT2D eigenvalue weighted by atomic mass is 9.81. The Morgan fingerprint density at radius 3 is 1.89 bits per heavy atom. The van der Waals surface area contributed by atoms with Crippen molar-refractivity contribution < 1.29 is 33.4 Å². The number of alkyl halides is 2. The molecule has 1 aliphatic carbocycles. The predicted octanol–water partition coefficient (Wildman–Crippen LogP) is 4.08. The first-order chi connectivity index (χ1) is 16.7. The van der Waals surface area contributed by atoms with E-state index in [-0.39, 0.29) is 38.9 Å². The summed E-state index contributed by atoms with van der Waals surface area (Å²) < 4.78 is 10.0. The molecule has 4 atom stereocenters. The van der Waals surface area contributed by atoms with Crippen molar-refractivity contribution in [1.82, 2.24) is 0 Å². The fourth-order valence-electron chi connectivity index (χ4n) is 4.27. The summed E-state index contributed by atoms with van der Waals surface area (Å²) in [6.45, 7) is 0.803. The summed E-state index contributed by atoms with van der Waals surface area (Å²) >= 11 is 7.14. The van der Waals surface area contributed by atoms with Crippen LogP contribution < -0.4 is 9.64 Å². The first kappa shape index (κ1) is 25.2. The molecule has 1 saturated heterocycles. The van der Waals surface area contributed by atoms with E-state index < -0.39 is 24.3 Å². The van der Waals surface area contributed by atoms with Crippen LogP contribution in [0.1, 0.15) is 40.5 Å². The third-order valence-electron chi connectivity index (χ3n) is 6.04. The Kier molecular flexibility index (Phi) is 7.51. The summed E-state index contributed by atoms with van der Waals surface area (Å²) in [5.74, 6) is -2.48. The van der Waals surface area contributed by atoms with Crippen molar-refractivity contribution in [1.29, 1.82) is 0 Å². The number of fused-ring (bicyclic) bond motifs is 1. The summed E-state index contributed by atoms with van der Waals surface area (Å²) in [4.78, 5) is 63.0. The van der Waals surface area contributed by atoms with Gasteiger partial charge in [0.2, 0.25) is 11.8 Å². The van der Waals surface area contributed by atoms with Gasteiger partial charge in [-0.05, 0) is 61.4 Å². The number of carbonyl (C=O) groups excluding carboxylic acids is 5. The van der Waals surface area contributed by atoms with Gasteiger partial charge in [0, 0.05) is 22.1 Å². The molecular weight excluding hydrogens is 586 g/mol. The standard InChI is InChI=1S/C25H21Br2NO7/c1-13(29)35-17-8-4-14(5-9-17)22(30)12-34-25(33)15-2-6-16(7-3-15)28-23(31)18-10-20(26)21(27)11-19(18)24(28)32/h2-9,18-21H,10-12H2,1H3/t18-,19-,20-,21+/m1/s1. The minimum atomic E-state index is -0.710. The lowest BCUT2D eigenvalue weighted by Crippen LogP contribution is -2.34. The summed E-state index contributed by atoms with van der Waals surface area (Å²) in [6, 6.07) is 11.9. The van der Waals surface area contributed by atoms with Gasteiger partial charge in [0.1, 0.15) is 5.75 Å². The second kappa shape index (κ2) is 10.4. The summed E-state index contributed by atoms with van der Waals surface area (Å²) in [7, 11) is 0. The van der Waals surface area contributed by atoms with E-state index in [9.17, 15) is 24.0 Å². The van der Waals surface area contributed by atoms with E-state index in [1.165, 1.54) is 60.4 Å². The Bertz CT molecular complexity index is 1150. The van der Waals surface area contributed by atoms with E-state index in [2.05, 4.69) is 31.9 Å². The largest absolute Gasteiger partial charge is 0.454 e. The Morgan fingerprint density at radius 1 is 0.857 bits per heavy atom. The molecule has 4 rings (SSSR count). The SMILES string of the molecule is CC(=O)Oc1ccc(C(=O)COC(=O)c2ccc(N3C(=O)[C@@H]4C[C@@H](Br)[C@@H](Br)C[C@H]4C3=O)cc2)cc1. The fraction of sp³-hybridized carbons (Fsp3) is 0.320. The lowest BCUT2D eigenvalue weighted by molar-refractivity contribution is -0.132. The molecule has 2 amide bonds. The first-order valence-corrected chi connectivity index (χ1v) is 12.7. The molecule has 1 heterocycles. The molecule has 2 aliphatic rings. The molecule has 0 unspecified atom stereocenters. The van der Waals surface area contributed by atoms with Crippen LogP contribution in [-0.2, 0) is 19.1 Å². The maximum atomic E-state index is 12.9. The number of nitrogens with zero attached hydrogens (tertiary/aromatic N) is 1. The number of halogens is 2. The summed E-state index contributed by atoms with van der Waals surface area (Å²) in [6.07, 6.45) is 1.15. The van der Waals surface area contributed by atoms with Gasteiger partial charge in [0.15, 0.2) is 12.4 Å². The van der Waals surface area contributed by atoms with Crippen LogP contribution in [0, 0.1) is 11.8 Å². The molecular formula is C25H21Br2NO7. The molecule has 1 saturated carbocycles. The van der Waals surface area contributed by atoms with Crippen LogP contribution in [-0.4, -0.2) is 45.8 Å². The lowest BCUT2D eigenvalue weighted by Gasteiger charge is -2.29. The van der Waals surface area contributed by atoms with Gasteiger partial charge in [-0.2, -0.15) is 0 Å². The van der Waals surface area contributed by atoms with Gasteiger partial charge in [-0.25, -0.2) is 4.79 Å². The normalized spacial score (nSPS) is 23.6. The second-order valence-electron chi connectivity index (χ2n) is 8.39. The second-order valence-corrected chi connectivity index (χ2v) is 10.7. The molecule has 1 aliphatic heterocycles. The topological polar surface area (TPSA) is 107 Å². The Labute approximate surface area is 218 Å². The number of rotatable bonds is 6. The molecule has 0 radical (unpaired) electrons. The van der Waals surface area contributed by atoms with Crippen molar-refractivity contribution in [2.75, 3.05) is 11.5 Å². The van der Waals surface area contributed by atoms with Crippen molar-refractivity contribution in [2.24, 2.45) is 11.8 Å². The number of benzene rings is 2. The van der Waals surface area contributed by atoms with Crippen LogP contribution in [0.2, 0.25) is 0 Å². The molecule has 10 heteroatoms. The Hall–Kier alpha value is -2.85. The highest BCUT2D eigenvalue weighted by molar-refractivity contribution is 9.12. The number of ketones is 1. The van der Waals surface area contributed by atoms with Gasteiger partial charge in [0.05, 0.1) is 23.1 Å². The number of Topliss-reactive ketones (excluding diaryl/α,β-unsaturated/α-hetero) is 1. The zero-order valence-corrected chi connectivity index (χ0v) is 21.8. The van der Waals surface area contributed by atoms with Gasteiger partial charge < -0.3 is 9.47 Å². The highest BCUT2D eigenvalue weighted by atomic mass is 79.9. The van der Waals surface area contributed by atoms with E-state index in [0.29, 0.717) is 29.8 Å². The van der Waals surface area contributed by atoms with Crippen LogP contribution in [0.5, 0.6) is 5.75 Å². The quantitative estimate of drug-likeness (QED) is 0.160. The maximum absolute atomic E-state index is 12.9. The van der Waals surface area contributed by atoms with Crippen molar-refractivity contribution in [3.63, 3.8) is 0 Å². The highest BCUT2D eigenvalue weighted by Crippen LogP contribution is 2.44. The van der Waals surface area contributed by atoms with Gasteiger partial charge in [-0.3, -0.25) is 24.1 Å². The van der Waals surface area contributed by atoms with Gasteiger partial charge in [0.25, 0.3) is 0 Å². The van der Waals surface area contributed by atoms with Crippen LogP contribution >= 0.6 is 31.9 Å². The molecule has 182 valence electrons. The van der Waals surface area contributed by atoms with E-state index in [0.717, 1.165) is 0 Å². The molecule has 35 heavy (non-hydrogen) atoms. The van der Waals surface area contributed by atoms with Crippen LogP contribution in [0.4, 0.5) is 5.69 Å². The van der Waals surface area contributed by atoms with Crippen molar-refractivity contribution in [3.05, 3.63) is 59.7 Å². The van der Waals surface area contributed by atoms with Crippen molar-refractivity contribution in [3.8, 4) is 5.75 Å². The predicted molar refractivity (Wildman–Crippen MR) is 133 cm³/mol. The van der Waals surface area contributed by atoms with E-state index >= 15 is 0 Å². The van der Waals surface area contributed by atoms with E-state index in [4.69, 9.17) is 9.47 Å². The van der Waals surface area contributed by atoms with Crippen molar-refractivity contribution in [2.45, 2.75) is 29.4 Å². The number of hydrogen-bond donors (Lipinski definition) is 0. The number of carbonyl (C=O) groups is 5. The minimum Gasteiger partial charge on any atom is -0.454 e. The minimum absolute atomic E-state index is 0.118. The van der Waals surface area contributed by atoms with Gasteiger partial charge in [-0.15, -0.1) is 0 Å². The highest BCUT2D eigenvalue weighted by Gasteiger charge is 2.52. The molecule has 8 nitrogen and oxygen atoms in total. The third-order valence-corrected chi connectivity index (χ3v) is 8.78. The Balaban J connectivity index is 1.37. The van der Waals surface area contributed by atoms with E-state index in [1.807, 2.05) is 0 Å². The van der Waals surface area contributed by atoms with Crippen LogP contribution in [0.25, 0.3) is 0 Å². The first-order valence-electron chi connectivity index (χ1n) is 10.9. The Morgan fingerprint density at radius 2 is 1.37 bits per heavy atom. The molecule has 0 spiro atoms. The average molecular weight is 607 g/mol.